The zero-order valence-corrected chi connectivity index (χ0v) is 18.9. The summed E-state index contributed by atoms with van der Waals surface area (Å²) in [5, 5.41) is 8.52. The van der Waals surface area contributed by atoms with Crippen molar-refractivity contribution in [2.75, 3.05) is 11.9 Å². The maximum absolute atomic E-state index is 12.9. The largest absolute Gasteiger partial charge is 0.513 e. The second kappa shape index (κ2) is 9.12. The molecule has 4 rings (SSSR count). The third kappa shape index (κ3) is 4.69. The van der Waals surface area contributed by atoms with Gasteiger partial charge in [0.05, 0.1) is 17.8 Å². The van der Waals surface area contributed by atoms with E-state index in [0.717, 1.165) is 27.7 Å². The number of fused-ring (bicyclic) bond motifs is 1. The molecule has 0 spiro atoms. The molecule has 0 aliphatic carbocycles. The summed E-state index contributed by atoms with van der Waals surface area (Å²) in [5.41, 5.74) is 4.18. The summed E-state index contributed by atoms with van der Waals surface area (Å²) in [6, 6.07) is 16.0. The van der Waals surface area contributed by atoms with Crippen LogP contribution in [0.25, 0.3) is 16.7 Å². The number of pyridine rings is 1. The summed E-state index contributed by atoms with van der Waals surface area (Å²) < 4.78 is 11.4. The van der Waals surface area contributed by atoms with E-state index in [9.17, 15) is 9.59 Å². The molecule has 168 valence electrons. The Bertz CT molecular complexity index is 1340. The van der Waals surface area contributed by atoms with E-state index < -0.39 is 6.16 Å². The molecule has 0 saturated heterocycles. The van der Waals surface area contributed by atoms with E-state index in [1.165, 1.54) is 12.1 Å². The molecular weight excluding hydrogens is 420 g/mol. The van der Waals surface area contributed by atoms with Gasteiger partial charge >= 0.3 is 6.16 Å². The number of amides is 1. The summed E-state index contributed by atoms with van der Waals surface area (Å²) in [4.78, 5) is 29.1. The summed E-state index contributed by atoms with van der Waals surface area (Å²) in [5.74, 6) is 1.09. The number of anilines is 1. The van der Waals surface area contributed by atoms with E-state index in [0.29, 0.717) is 17.2 Å². The van der Waals surface area contributed by atoms with Crippen molar-refractivity contribution in [3.8, 4) is 11.6 Å². The first kappa shape index (κ1) is 22.0. The molecule has 0 unspecified atom stereocenters. The van der Waals surface area contributed by atoms with Crippen molar-refractivity contribution in [1.29, 1.82) is 0 Å². The second-order valence-electron chi connectivity index (χ2n) is 7.61. The van der Waals surface area contributed by atoms with E-state index in [1.807, 2.05) is 45.0 Å². The lowest BCUT2D eigenvalue weighted by Crippen LogP contribution is -2.16. The molecule has 0 fully saturated rings. The van der Waals surface area contributed by atoms with Gasteiger partial charge in [-0.05, 0) is 69.2 Å². The van der Waals surface area contributed by atoms with Crippen LogP contribution in [0.2, 0.25) is 0 Å². The zero-order chi connectivity index (χ0) is 23.5. The van der Waals surface area contributed by atoms with Gasteiger partial charge in [0.15, 0.2) is 5.82 Å². The predicted octanol–water partition coefficient (Wildman–Crippen LogP) is 5.13. The Morgan fingerprint density at radius 3 is 2.48 bits per heavy atom. The number of aromatic nitrogens is 3. The number of ether oxygens (including phenoxy) is 2. The molecule has 0 saturated carbocycles. The minimum atomic E-state index is -0.789. The summed E-state index contributed by atoms with van der Waals surface area (Å²) in [6.45, 7) is 7.81. The van der Waals surface area contributed by atoms with E-state index in [-0.39, 0.29) is 18.3 Å². The van der Waals surface area contributed by atoms with Crippen LogP contribution in [0.1, 0.15) is 34.1 Å². The summed E-state index contributed by atoms with van der Waals surface area (Å²) in [6.07, 6.45) is -0.789. The average Bonchev–Trinajstić information content (AvgIpc) is 3.15. The smallest absolute Gasteiger partial charge is 0.434 e. The molecule has 0 aliphatic rings. The Morgan fingerprint density at radius 2 is 1.76 bits per heavy atom. The first-order valence-electron chi connectivity index (χ1n) is 10.6. The van der Waals surface area contributed by atoms with Crippen LogP contribution in [0.5, 0.6) is 5.75 Å². The van der Waals surface area contributed by atoms with Crippen LogP contribution >= 0.6 is 0 Å². The van der Waals surface area contributed by atoms with Gasteiger partial charge in [-0.2, -0.15) is 9.78 Å². The Labute approximate surface area is 191 Å². The van der Waals surface area contributed by atoms with Crippen LogP contribution in [-0.4, -0.2) is 33.4 Å². The highest BCUT2D eigenvalue weighted by atomic mass is 16.7. The number of hydrogen-bond acceptors (Lipinski definition) is 6. The number of aryl methyl sites for hydroxylation is 3. The quantitative estimate of drug-likeness (QED) is 0.339. The van der Waals surface area contributed by atoms with E-state index >= 15 is 0 Å². The number of hydrogen-bond donors (Lipinski definition) is 1. The minimum absolute atomic E-state index is 0.220. The van der Waals surface area contributed by atoms with Crippen LogP contribution in [0.4, 0.5) is 10.6 Å². The fraction of sp³-hybridized carbons (Fsp3) is 0.200. The van der Waals surface area contributed by atoms with Gasteiger partial charge in [0.2, 0.25) is 0 Å². The molecule has 4 aromatic rings. The number of nitrogens with zero attached hydrogens (tertiary/aromatic N) is 3. The molecule has 0 atom stereocenters. The molecular formula is C25H24N4O4. The number of carbonyl (C=O) groups excluding carboxylic acids is 2. The Hall–Kier alpha value is -4.20. The standard InChI is InChI=1S/C25H24N4O4/c1-5-32-25(31)33-19-11-9-18(10-12-19)24(30)27-22-14-17(4)28-29(22)21-13-16(3)20-8-6-7-15(2)23(20)26-21/h6-14H,5H2,1-4H3,(H,27,30). The third-order valence-corrected chi connectivity index (χ3v) is 5.10. The average molecular weight is 444 g/mol. The molecule has 8 nitrogen and oxygen atoms in total. The highest BCUT2D eigenvalue weighted by Crippen LogP contribution is 2.25. The third-order valence-electron chi connectivity index (χ3n) is 5.10. The lowest BCUT2D eigenvalue weighted by Gasteiger charge is -2.12. The SMILES string of the molecule is CCOC(=O)Oc1ccc(C(=O)Nc2cc(C)nn2-c2cc(C)c3cccc(C)c3n2)cc1. The fourth-order valence-corrected chi connectivity index (χ4v) is 3.52. The molecule has 2 heterocycles. The van der Waals surface area contributed by atoms with Crippen LogP contribution in [0.15, 0.2) is 54.6 Å². The van der Waals surface area contributed by atoms with Gasteiger partial charge in [-0.15, -0.1) is 0 Å². The maximum Gasteiger partial charge on any atom is 0.513 e. The summed E-state index contributed by atoms with van der Waals surface area (Å²) in [7, 11) is 0. The van der Waals surface area contributed by atoms with Crippen molar-refractivity contribution in [3.63, 3.8) is 0 Å². The van der Waals surface area contributed by atoms with Gasteiger partial charge in [-0.25, -0.2) is 9.78 Å². The molecule has 1 amide bonds. The lowest BCUT2D eigenvalue weighted by atomic mass is 10.1. The Balaban J connectivity index is 1.60. The van der Waals surface area contributed by atoms with Gasteiger partial charge in [0.1, 0.15) is 11.6 Å². The van der Waals surface area contributed by atoms with Gasteiger partial charge < -0.3 is 14.8 Å². The Morgan fingerprint density at radius 1 is 1.00 bits per heavy atom. The number of carbonyl (C=O) groups is 2. The monoisotopic (exact) mass is 444 g/mol. The van der Waals surface area contributed by atoms with Crippen molar-refractivity contribution < 1.29 is 19.1 Å². The van der Waals surface area contributed by atoms with Gasteiger partial charge in [0.25, 0.3) is 5.91 Å². The number of nitrogens with one attached hydrogen (secondary N) is 1. The molecule has 1 N–H and O–H groups in total. The first-order chi connectivity index (χ1) is 15.9. The van der Waals surface area contributed by atoms with Gasteiger partial charge in [0, 0.05) is 17.0 Å². The predicted molar refractivity (Wildman–Crippen MR) is 125 cm³/mol. The van der Waals surface area contributed by atoms with E-state index in [4.69, 9.17) is 14.5 Å². The van der Waals surface area contributed by atoms with Crippen molar-refractivity contribution in [2.45, 2.75) is 27.7 Å². The highest BCUT2D eigenvalue weighted by Gasteiger charge is 2.15. The molecule has 2 aromatic carbocycles. The normalized spacial score (nSPS) is 10.8. The van der Waals surface area contributed by atoms with Crippen LogP contribution in [0, 0.1) is 20.8 Å². The van der Waals surface area contributed by atoms with Gasteiger partial charge in [-0.3, -0.25) is 4.79 Å². The van der Waals surface area contributed by atoms with E-state index in [2.05, 4.69) is 10.4 Å². The zero-order valence-electron chi connectivity index (χ0n) is 18.9. The fourth-order valence-electron chi connectivity index (χ4n) is 3.52. The number of para-hydroxylation sites is 1. The van der Waals surface area contributed by atoms with Crippen LogP contribution in [-0.2, 0) is 4.74 Å². The topological polar surface area (TPSA) is 95.3 Å². The van der Waals surface area contributed by atoms with Crippen molar-refractivity contribution in [1.82, 2.24) is 14.8 Å². The second-order valence-corrected chi connectivity index (χ2v) is 7.61. The molecule has 2 aromatic heterocycles. The van der Waals surface area contributed by atoms with Crippen LogP contribution < -0.4 is 10.1 Å². The lowest BCUT2D eigenvalue weighted by molar-refractivity contribution is 0.102. The van der Waals surface area contributed by atoms with Crippen molar-refractivity contribution in [3.05, 3.63) is 77.0 Å². The van der Waals surface area contributed by atoms with Crippen molar-refractivity contribution in [2.24, 2.45) is 0 Å². The van der Waals surface area contributed by atoms with Crippen LogP contribution in [0.3, 0.4) is 0 Å². The summed E-state index contributed by atoms with van der Waals surface area (Å²) >= 11 is 0. The van der Waals surface area contributed by atoms with Gasteiger partial charge in [-0.1, -0.05) is 18.2 Å². The molecule has 33 heavy (non-hydrogen) atoms. The molecule has 0 radical (unpaired) electrons. The van der Waals surface area contributed by atoms with E-state index in [1.54, 1.807) is 29.8 Å². The highest BCUT2D eigenvalue weighted by molar-refractivity contribution is 6.04. The number of rotatable bonds is 5. The Kier molecular flexibility index (Phi) is 6.08. The number of benzene rings is 2. The van der Waals surface area contributed by atoms with Crippen molar-refractivity contribution >= 4 is 28.8 Å². The molecule has 8 heteroatoms. The maximum atomic E-state index is 12.9. The molecule has 0 bridgehead atoms. The first-order valence-corrected chi connectivity index (χ1v) is 10.6. The molecule has 0 aliphatic heterocycles. The minimum Gasteiger partial charge on any atom is -0.434 e.